The fraction of sp³-hybridized carbons (Fsp3) is 1.00. The minimum Gasteiger partial charge on any atom is -0.405 e. The van der Waals surface area contributed by atoms with Gasteiger partial charge in [0.05, 0.1) is 12.2 Å². The van der Waals surface area contributed by atoms with E-state index in [-0.39, 0.29) is 13.1 Å². The zero-order chi connectivity index (χ0) is 13.1. The molecule has 1 aliphatic heterocycles. The third-order valence-electron chi connectivity index (χ3n) is 5.52. The van der Waals surface area contributed by atoms with Crippen LogP contribution in [0.3, 0.4) is 0 Å². The molecule has 18 heavy (non-hydrogen) atoms. The zero-order valence-corrected chi connectivity index (χ0v) is 12.1. The Labute approximate surface area is 111 Å². The molecule has 5 atom stereocenters. The third-order valence-corrected chi connectivity index (χ3v) is 5.52. The van der Waals surface area contributed by atoms with Gasteiger partial charge in [0.1, 0.15) is 0 Å². The van der Waals surface area contributed by atoms with E-state index in [0.29, 0.717) is 29.5 Å². The van der Waals surface area contributed by atoms with Crippen molar-refractivity contribution in [1.29, 1.82) is 0 Å². The molecule has 4 fully saturated rings. The lowest BCUT2D eigenvalue weighted by Crippen LogP contribution is -2.59. The van der Waals surface area contributed by atoms with E-state index in [1.54, 1.807) is 0 Å². The number of hydrogen-bond donors (Lipinski definition) is 1. The van der Waals surface area contributed by atoms with Gasteiger partial charge >= 0.3 is 7.12 Å². The van der Waals surface area contributed by atoms with Crippen LogP contribution in [-0.4, -0.2) is 25.3 Å². The molecule has 4 rings (SSSR count). The van der Waals surface area contributed by atoms with Crippen molar-refractivity contribution in [2.45, 2.75) is 65.1 Å². The number of nitrogens with two attached hydrogens (primary N) is 1. The molecule has 0 aromatic rings. The Balaban J connectivity index is 1.65. The average Bonchev–Trinajstić information content (AvgIpc) is 2.70. The van der Waals surface area contributed by atoms with Crippen molar-refractivity contribution in [3.8, 4) is 0 Å². The van der Waals surface area contributed by atoms with Crippen LogP contribution in [0.2, 0.25) is 0 Å². The first-order valence-electron chi connectivity index (χ1n) is 7.46. The monoisotopic (exact) mass is 251 g/mol. The average molecular weight is 251 g/mol. The Hall–Kier alpha value is -0.0551. The fourth-order valence-corrected chi connectivity index (χ4v) is 4.22. The first-order valence-corrected chi connectivity index (χ1v) is 7.46. The number of hydrogen-bond acceptors (Lipinski definition) is 3. The molecular formula is C14H26BNO2. The second-order valence-corrected chi connectivity index (χ2v) is 7.53. The van der Waals surface area contributed by atoms with Crippen LogP contribution < -0.4 is 5.73 Å². The van der Waals surface area contributed by atoms with Gasteiger partial charge in [0.25, 0.3) is 0 Å². The molecule has 1 heterocycles. The zero-order valence-electron chi connectivity index (χ0n) is 12.1. The molecule has 4 heteroatoms. The molecule has 0 aromatic carbocycles. The van der Waals surface area contributed by atoms with Crippen LogP contribution in [0.4, 0.5) is 0 Å². The smallest absolute Gasteiger partial charge is 0.405 e. The molecule has 0 amide bonds. The van der Waals surface area contributed by atoms with Gasteiger partial charge in [-0.1, -0.05) is 27.7 Å². The maximum absolute atomic E-state index is 6.21. The summed E-state index contributed by atoms with van der Waals surface area (Å²) in [5, 5.41) is 0. The van der Waals surface area contributed by atoms with E-state index >= 15 is 0 Å². The van der Waals surface area contributed by atoms with Gasteiger partial charge in [0.2, 0.25) is 0 Å². The van der Waals surface area contributed by atoms with Crippen LogP contribution in [0, 0.1) is 23.2 Å². The fourth-order valence-electron chi connectivity index (χ4n) is 4.22. The Morgan fingerprint density at radius 2 is 2.00 bits per heavy atom. The highest BCUT2D eigenvalue weighted by atomic mass is 16.7. The van der Waals surface area contributed by atoms with Gasteiger partial charge in [-0.15, -0.1) is 0 Å². The summed E-state index contributed by atoms with van der Waals surface area (Å²) in [7, 11) is -0.169. The van der Waals surface area contributed by atoms with Crippen molar-refractivity contribution in [3.63, 3.8) is 0 Å². The predicted octanol–water partition coefficient (Wildman–Crippen LogP) is 2.24. The predicted molar refractivity (Wildman–Crippen MR) is 72.9 cm³/mol. The molecule has 2 bridgehead atoms. The maximum Gasteiger partial charge on any atom is 0.475 e. The number of rotatable bonds is 3. The molecular weight excluding hydrogens is 225 g/mol. The van der Waals surface area contributed by atoms with Crippen molar-refractivity contribution in [2.24, 2.45) is 28.9 Å². The summed E-state index contributed by atoms with van der Waals surface area (Å²) < 4.78 is 12.2. The minimum atomic E-state index is -0.169. The first kappa shape index (κ1) is 13.0. The second-order valence-electron chi connectivity index (χ2n) is 7.53. The van der Waals surface area contributed by atoms with E-state index in [1.165, 1.54) is 12.8 Å². The van der Waals surface area contributed by atoms with Gasteiger partial charge in [-0.25, -0.2) is 0 Å². The molecule has 2 N–H and O–H groups in total. The van der Waals surface area contributed by atoms with E-state index in [4.69, 9.17) is 15.0 Å². The molecule has 3 nitrogen and oxygen atoms in total. The maximum atomic E-state index is 6.21. The minimum absolute atomic E-state index is 0.0240. The van der Waals surface area contributed by atoms with Crippen LogP contribution in [0.25, 0.3) is 0 Å². The van der Waals surface area contributed by atoms with Crippen molar-refractivity contribution in [3.05, 3.63) is 0 Å². The quantitative estimate of drug-likeness (QED) is 0.782. The topological polar surface area (TPSA) is 44.5 Å². The van der Waals surface area contributed by atoms with Gasteiger partial charge < -0.3 is 15.0 Å². The summed E-state index contributed by atoms with van der Waals surface area (Å²) >= 11 is 0. The molecule has 3 saturated carbocycles. The summed E-state index contributed by atoms with van der Waals surface area (Å²) in [6, 6.07) is 0. The Bertz CT molecular complexity index is 334. The first-order chi connectivity index (χ1) is 8.39. The highest BCUT2D eigenvalue weighted by molar-refractivity contribution is 6.47. The van der Waals surface area contributed by atoms with E-state index < -0.39 is 0 Å². The highest BCUT2D eigenvalue weighted by Crippen LogP contribution is 2.61. The van der Waals surface area contributed by atoms with Crippen LogP contribution in [0.1, 0.15) is 47.0 Å². The van der Waals surface area contributed by atoms with Gasteiger partial charge in [0.15, 0.2) is 0 Å². The molecule has 0 aromatic heterocycles. The van der Waals surface area contributed by atoms with Gasteiger partial charge in [-0.3, -0.25) is 0 Å². The highest BCUT2D eigenvalue weighted by Gasteiger charge is 2.62. The third kappa shape index (κ3) is 1.84. The van der Waals surface area contributed by atoms with Crippen molar-refractivity contribution in [2.75, 3.05) is 0 Å². The largest absolute Gasteiger partial charge is 0.475 e. The molecule has 4 aliphatic rings. The summed E-state index contributed by atoms with van der Waals surface area (Å²) in [6.45, 7) is 9.16. The lowest BCUT2D eigenvalue weighted by Gasteiger charge is -2.60. The lowest BCUT2D eigenvalue weighted by atomic mass is 9.47. The van der Waals surface area contributed by atoms with Crippen LogP contribution in [-0.2, 0) is 9.31 Å². The molecule has 1 unspecified atom stereocenters. The van der Waals surface area contributed by atoms with Gasteiger partial charge in [0, 0.05) is 5.94 Å². The SMILES string of the molecule is CC(C)C[C@H](N)B1O[C@@H]2C[C@@H]3CC([C@@H]2O1)C3(C)C. The van der Waals surface area contributed by atoms with E-state index in [1.807, 2.05) is 0 Å². The van der Waals surface area contributed by atoms with Crippen LogP contribution in [0.5, 0.6) is 0 Å². The van der Waals surface area contributed by atoms with E-state index in [0.717, 1.165) is 12.3 Å². The van der Waals surface area contributed by atoms with Gasteiger partial charge in [-0.2, -0.15) is 0 Å². The van der Waals surface area contributed by atoms with Crippen LogP contribution >= 0.6 is 0 Å². The molecule has 102 valence electrons. The van der Waals surface area contributed by atoms with Crippen LogP contribution in [0.15, 0.2) is 0 Å². The molecule has 1 saturated heterocycles. The standard InChI is InChI=1S/C14H26BNO2/c1-8(2)5-12(16)15-17-11-7-9-6-10(13(11)18-15)14(9,3)4/h8-13H,5-7,16H2,1-4H3/t9-,10?,11+,12-,13-/m0/s1. The van der Waals surface area contributed by atoms with Crippen molar-refractivity contribution < 1.29 is 9.31 Å². The molecule has 3 aliphatic carbocycles. The van der Waals surface area contributed by atoms with E-state index in [2.05, 4.69) is 27.7 Å². The second kappa shape index (κ2) is 4.22. The summed E-state index contributed by atoms with van der Waals surface area (Å²) in [6.07, 6.45) is 4.07. The van der Waals surface area contributed by atoms with Gasteiger partial charge in [-0.05, 0) is 42.4 Å². The molecule has 0 spiro atoms. The molecule has 0 radical (unpaired) electrons. The summed E-state index contributed by atoms with van der Waals surface area (Å²) in [5.41, 5.74) is 6.66. The van der Waals surface area contributed by atoms with Crippen molar-refractivity contribution >= 4 is 7.12 Å². The Morgan fingerprint density at radius 3 is 2.61 bits per heavy atom. The Morgan fingerprint density at radius 1 is 1.28 bits per heavy atom. The Kier molecular flexibility index (Phi) is 3.04. The van der Waals surface area contributed by atoms with Crippen molar-refractivity contribution in [1.82, 2.24) is 0 Å². The summed E-state index contributed by atoms with van der Waals surface area (Å²) in [4.78, 5) is 0. The lowest BCUT2D eigenvalue weighted by molar-refractivity contribution is -0.150. The van der Waals surface area contributed by atoms with E-state index in [9.17, 15) is 0 Å². The summed E-state index contributed by atoms with van der Waals surface area (Å²) in [5.74, 6) is 2.13. The normalized spacial score (nSPS) is 42.7.